The normalized spacial score (nSPS) is 10.9. The summed E-state index contributed by atoms with van der Waals surface area (Å²) in [5.41, 5.74) is 2.12. The molecule has 0 saturated carbocycles. The highest BCUT2D eigenvalue weighted by Gasteiger charge is 2.11. The molecule has 0 atom stereocenters. The summed E-state index contributed by atoms with van der Waals surface area (Å²) >= 11 is 0. The zero-order valence-corrected chi connectivity index (χ0v) is 11.5. The number of aromatic amines is 1. The lowest BCUT2D eigenvalue weighted by atomic mass is 10.3. The fraction of sp³-hybridized carbons (Fsp3) is 0.0625. The molecule has 0 unspecified atom stereocenters. The smallest absolute Gasteiger partial charge is 0.243 e. The number of rotatable bonds is 4. The van der Waals surface area contributed by atoms with Gasteiger partial charge in [-0.1, -0.05) is 36.4 Å². The van der Waals surface area contributed by atoms with Gasteiger partial charge < -0.3 is 4.74 Å². The van der Waals surface area contributed by atoms with Crippen molar-refractivity contribution in [3.8, 4) is 11.6 Å². The van der Waals surface area contributed by atoms with Gasteiger partial charge in [0.2, 0.25) is 5.88 Å². The van der Waals surface area contributed by atoms with Crippen molar-refractivity contribution < 1.29 is 4.74 Å². The molecule has 3 rings (SSSR count). The maximum Gasteiger partial charge on any atom is 0.243 e. The van der Waals surface area contributed by atoms with Gasteiger partial charge in [-0.25, -0.2) is 5.10 Å². The molecule has 21 heavy (non-hydrogen) atoms. The SMILES string of the molecule is Cc1n[nH]c(Oc2ccccc2)c1N=Nc1ccccc1. The summed E-state index contributed by atoms with van der Waals surface area (Å²) in [6.07, 6.45) is 0. The molecule has 1 heterocycles. The molecule has 5 nitrogen and oxygen atoms in total. The third-order valence-electron chi connectivity index (χ3n) is 2.87. The van der Waals surface area contributed by atoms with Crippen LogP contribution in [0.2, 0.25) is 0 Å². The van der Waals surface area contributed by atoms with Gasteiger partial charge in [0.25, 0.3) is 0 Å². The van der Waals surface area contributed by atoms with E-state index in [-0.39, 0.29) is 0 Å². The zero-order chi connectivity index (χ0) is 14.5. The van der Waals surface area contributed by atoms with Crippen LogP contribution < -0.4 is 4.74 Å². The second kappa shape index (κ2) is 6.00. The largest absolute Gasteiger partial charge is 0.437 e. The number of hydrogen-bond acceptors (Lipinski definition) is 4. The quantitative estimate of drug-likeness (QED) is 0.688. The number of nitrogens with zero attached hydrogens (tertiary/aromatic N) is 3. The summed E-state index contributed by atoms with van der Waals surface area (Å²) in [6, 6.07) is 19.0. The van der Waals surface area contributed by atoms with E-state index >= 15 is 0 Å². The third kappa shape index (κ3) is 3.14. The van der Waals surface area contributed by atoms with Gasteiger partial charge in [-0.05, 0) is 31.2 Å². The van der Waals surface area contributed by atoms with E-state index in [2.05, 4.69) is 20.4 Å². The first kappa shape index (κ1) is 13.1. The van der Waals surface area contributed by atoms with Crippen LogP contribution in [0.5, 0.6) is 11.6 Å². The van der Waals surface area contributed by atoms with Gasteiger partial charge in [0, 0.05) is 0 Å². The number of hydrogen-bond donors (Lipinski definition) is 1. The van der Waals surface area contributed by atoms with E-state index in [0.29, 0.717) is 11.6 Å². The zero-order valence-electron chi connectivity index (χ0n) is 11.5. The molecule has 0 aliphatic rings. The maximum absolute atomic E-state index is 5.75. The molecule has 2 aromatic carbocycles. The van der Waals surface area contributed by atoms with Crippen LogP contribution in [0.4, 0.5) is 11.4 Å². The van der Waals surface area contributed by atoms with Crippen LogP contribution in [0.15, 0.2) is 70.9 Å². The number of para-hydroxylation sites is 1. The molecule has 5 heteroatoms. The minimum Gasteiger partial charge on any atom is -0.437 e. The summed E-state index contributed by atoms with van der Waals surface area (Å²) in [5.74, 6) is 1.20. The number of aromatic nitrogens is 2. The monoisotopic (exact) mass is 278 g/mol. The van der Waals surface area contributed by atoms with E-state index in [1.54, 1.807) is 0 Å². The van der Waals surface area contributed by atoms with Crippen molar-refractivity contribution in [2.24, 2.45) is 10.2 Å². The molecular formula is C16H14N4O. The standard InChI is InChI=1S/C16H14N4O/c1-12-15(19-18-13-8-4-2-5-9-13)16(20-17-12)21-14-10-6-3-7-11-14/h2-11H,1H3,(H,17,20). The summed E-state index contributed by atoms with van der Waals surface area (Å²) in [7, 11) is 0. The minimum absolute atomic E-state index is 0.485. The van der Waals surface area contributed by atoms with Crippen molar-refractivity contribution in [1.82, 2.24) is 10.2 Å². The van der Waals surface area contributed by atoms with Crippen molar-refractivity contribution in [3.05, 3.63) is 66.4 Å². The van der Waals surface area contributed by atoms with Crippen LogP contribution in [0.1, 0.15) is 5.69 Å². The van der Waals surface area contributed by atoms with Gasteiger partial charge in [-0.2, -0.15) is 10.2 Å². The highest BCUT2D eigenvalue weighted by molar-refractivity contribution is 5.52. The maximum atomic E-state index is 5.75. The van der Waals surface area contributed by atoms with E-state index < -0.39 is 0 Å². The van der Waals surface area contributed by atoms with Crippen LogP contribution in [0, 0.1) is 6.92 Å². The molecule has 0 spiro atoms. The summed E-state index contributed by atoms with van der Waals surface area (Å²) in [4.78, 5) is 0. The van der Waals surface area contributed by atoms with Gasteiger partial charge >= 0.3 is 0 Å². The first-order valence-electron chi connectivity index (χ1n) is 6.57. The number of nitrogens with one attached hydrogen (secondary N) is 1. The van der Waals surface area contributed by atoms with Crippen molar-refractivity contribution >= 4 is 11.4 Å². The molecular weight excluding hydrogens is 264 g/mol. The topological polar surface area (TPSA) is 62.6 Å². The molecule has 0 saturated heterocycles. The van der Waals surface area contributed by atoms with Crippen molar-refractivity contribution in [3.63, 3.8) is 0 Å². The van der Waals surface area contributed by atoms with E-state index in [1.807, 2.05) is 67.6 Å². The third-order valence-corrected chi connectivity index (χ3v) is 2.87. The first-order chi connectivity index (χ1) is 10.3. The Balaban J connectivity index is 1.86. The molecule has 1 aromatic heterocycles. The van der Waals surface area contributed by atoms with Crippen molar-refractivity contribution in [2.75, 3.05) is 0 Å². The highest BCUT2D eigenvalue weighted by Crippen LogP contribution is 2.33. The van der Waals surface area contributed by atoms with E-state index in [1.165, 1.54) is 0 Å². The lowest BCUT2D eigenvalue weighted by Crippen LogP contribution is -1.83. The van der Waals surface area contributed by atoms with E-state index in [9.17, 15) is 0 Å². The van der Waals surface area contributed by atoms with Crippen LogP contribution in [-0.2, 0) is 0 Å². The molecule has 0 bridgehead atoms. The average molecular weight is 278 g/mol. The molecule has 0 aliphatic heterocycles. The highest BCUT2D eigenvalue weighted by atomic mass is 16.5. The Morgan fingerprint density at radius 3 is 2.29 bits per heavy atom. The Morgan fingerprint density at radius 2 is 1.57 bits per heavy atom. The summed E-state index contributed by atoms with van der Waals surface area (Å²) in [6.45, 7) is 1.85. The Bertz CT molecular complexity index is 735. The number of ether oxygens (including phenoxy) is 1. The lowest BCUT2D eigenvalue weighted by Gasteiger charge is -2.02. The van der Waals surface area contributed by atoms with Gasteiger partial charge in [-0.15, -0.1) is 5.11 Å². The predicted octanol–water partition coefficient (Wildman–Crippen LogP) is 4.93. The van der Waals surface area contributed by atoms with Crippen LogP contribution in [0.3, 0.4) is 0 Å². The van der Waals surface area contributed by atoms with E-state index in [4.69, 9.17) is 4.74 Å². The van der Waals surface area contributed by atoms with Crippen molar-refractivity contribution in [2.45, 2.75) is 6.92 Å². The second-order valence-corrected chi connectivity index (χ2v) is 4.44. The number of benzene rings is 2. The van der Waals surface area contributed by atoms with Crippen LogP contribution >= 0.6 is 0 Å². The Hall–Kier alpha value is -2.95. The molecule has 1 N–H and O–H groups in total. The fourth-order valence-electron chi connectivity index (χ4n) is 1.80. The summed E-state index contributed by atoms with van der Waals surface area (Å²) < 4.78 is 5.75. The predicted molar refractivity (Wildman–Crippen MR) is 80.5 cm³/mol. The first-order valence-corrected chi connectivity index (χ1v) is 6.57. The number of aryl methyl sites for hydroxylation is 1. The second-order valence-electron chi connectivity index (χ2n) is 4.44. The molecule has 0 radical (unpaired) electrons. The number of azo groups is 1. The lowest BCUT2D eigenvalue weighted by molar-refractivity contribution is 0.462. The van der Waals surface area contributed by atoms with Crippen LogP contribution in [-0.4, -0.2) is 10.2 Å². The fourth-order valence-corrected chi connectivity index (χ4v) is 1.80. The van der Waals surface area contributed by atoms with Crippen molar-refractivity contribution in [1.29, 1.82) is 0 Å². The Labute approximate surface area is 122 Å². The summed E-state index contributed by atoms with van der Waals surface area (Å²) in [5, 5.41) is 15.4. The molecule has 3 aromatic rings. The van der Waals surface area contributed by atoms with Gasteiger partial charge in [-0.3, -0.25) is 0 Å². The van der Waals surface area contributed by atoms with Gasteiger partial charge in [0.05, 0.1) is 11.4 Å². The average Bonchev–Trinajstić information content (AvgIpc) is 2.87. The van der Waals surface area contributed by atoms with E-state index in [0.717, 1.165) is 17.1 Å². The van der Waals surface area contributed by atoms with Gasteiger partial charge in [0.15, 0.2) is 5.69 Å². The van der Waals surface area contributed by atoms with Gasteiger partial charge in [0.1, 0.15) is 5.75 Å². The molecule has 0 aliphatic carbocycles. The molecule has 104 valence electrons. The minimum atomic E-state index is 0.485. The Kier molecular flexibility index (Phi) is 3.73. The molecule has 0 fully saturated rings. The Morgan fingerprint density at radius 1 is 0.905 bits per heavy atom. The number of H-pyrrole nitrogens is 1. The van der Waals surface area contributed by atoms with Crippen LogP contribution in [0.25, 0.3) is 0 Å². The molecule has 0 amide bonds.